The van der Waals surface area contributed by atoms with Gasteiger partial charge in [0.05, 0.1) is 6.10 Å². The van der Waals surface area contributed by atoms with Crippen LogP contribution in [0.5, 0.6) is 0 Å². The number of hydrogen-bond donors (Lipinski definition) is 1. The van der Waals surface area contributed by atoms with Crippen molar-refractivity contribution in [1.82, 2.24) is 5.32 Å². The van der Waals surface area contributed by atoms with Crippen LogP contribution in [0.1, 0.15) is 45.4 Å². The third kappa shape index (κ3) is 4.57. The minimum atomic E-state index is -0.349. The third-order valence-electron chi connectivity index (χ3n) is 2.68. The molecule has 0 aliphatic heterocycles. The fourth-order valence-corrected chi connectivity index (χ4v) is 1.68. The van der Waals surface area contributed by atoms with Gasteiger partial charge in [0, 0.05) is 12.5 Å². The molecule has 0 radical (unpaired) electrons. The van der Waals surface area contributed by atoms with E-state index in [9.17, 15) is 4.79 Å². The van der Waals surface area contributed by atoms with Crippen LogP contribution in [-0.2, 0) is 9.53 Å². The second kappa shape index (κ2) is 7.07. The monoisotopic (exact) mass is 235 g/mol. The smallest absolute Gasteiger partial charge is 0.219 e. The van der Waals surface area contributed by atoms with E-state index in [1.165, 1.54) is 6.92 Å². The summed E-state index contributed by atoms with van der Waals surface area (Å²) in [6.07, 6.45) is 1.71. The van der Waals surface area contributed by atoms with E-state index in [4.69, 9.17) is 4.74 Å². The highest BCUT2D eigenvalue weighted by atomic mass is 16.5. The summed E-state index contributed by atoms with van der Waals surface area (Å²) >= 11 is 0. The van der Waals surface area contributed by atoms with Gasteiger partial charge in [0.2, 0.25) is 5.91 Å². The Morgan fingerprint density at radius 1 is 1.24 bits per heavy atom. The molecule has 0 saturated carbocycles. The maximum absolute atomic E-state index is 11.2. The first-order valence-electron chi connectivity index (χ1n) is 6.14. The van der Waals surface area contributed by atoms with Gasteiger partial charge in [0.1, 0.15) is 0 Å². The van der Waals surface area contributed by atoms with E-state index in [0.29, 0.717) is 0 Å². The van der Waals surface area contributed by atoms with E-state index < -0.39 is 0 Å². The van der Waals surface area contributed by atoms with E-state index in [0.717, 1.165) is 18.4 Å². The summed E-state index contributed by atoms with van der Waals surface area (Å²) in [4.78, 5) is 11.2. The highest BCUT2D eigenvalue weighted by Gasteiger charge is 2.16. The van der Waals surface area contributed by atoms with Gasteiger partial charge >= 0.3 is 0 Å². The van der Waals surface area contributed by atoms with E-state index in [1.54, 1.807) is 0 Å². The van der Waals surface area contributed by atoms with Crippen molar-refractivity contribution in [2.75, 3.05) is 0 Å². The number of carbonyl (C=O) groups is 1. The molecule has 1 N–H and O–H groups in total. The molecular formula is C14H21NO2. The van der Waals surface area contributed by atoms with Gasteiger partial charge in [-0.15, -0.1) is 0 Å². The molecule has 1 rings (SSSR count). The molecule has 3 heteroatoms. The predicted molar refractivity (Wildman–Crippen MR) is 68.5 cm³/mol. The fourth-order valence-electron chi connectivity index (χ4n) is 1.68. The average molecular weight is 235 g/mol. The highest BCUT2D eigenvalue weighted by Crippen LogP contribution is 2.18. The lowest BCUT2D eigenvalue weighted by atomic mass is 10.1. The van der Waals surface area contributed by atoms with Crippen molar-refractivity contribution in [2.24, 2.45) is 0 Å². The van der Waals surface area contributed by atoms with Crippen LogP contribution in [0, 0.1) is 0 Å². The Balaban J connectivity index is 2.77. The van der Waals surface area contributed by atoms with Gasteiger partial charge < -0.3 is 10.1 Å². The molecule has 1 amide bonds. The van der Waals surface area contributed by atoms with Crippen LogP contribution in [-0.4, -0.2) is 12.0 Å². The van der Waals surface area contributed by atoms with E-state index in [1.807, 2.05) is 30.3 Å². The molecular weight excluding hydrogens is 214 g/mol. The Morgan fingerprint density at radius 3 is 2.29 bits per heavy atom. The molecule has 1 aromatic carbocycles. The Hall–Kier alpha value is -1.35. The van der Waals surface area contributed by atoms with Crippen molar-refractivity contribution in [3.05, 3.63) is 35.9 Å². The Morgan fingerprint density at radius 2 is 1.82 bits per heavy atom. The molecule has 0 bridgehead atoms. The summed E-state index contributed by atoms with van der Waals surface area (Å²) in [7, 11) is 0. The first-order valence-corrected chi connectivity index (χ1v) is 6.14. The van der Waals surface area contributed by atoms with Gasteiger partial charge in [0.25, 0.3) is 0 Å². The Labute approximate surface area is 103 Å². The van der Waals surface area contributed by atoms with Crippen LogP contribution < -0.4 is 5.32 Å². The van der Waals surface area contributed by atoms with Crippen molar-refractivity contribution >= 4 is 5.91 Å². The fraction of sp³-hybridized carbons (Fsp3) is 0.500. The third-order valence-corrected chi connectivity index (χ3v) is 2.68. The maximum Gasteiger partial charge on any atom is 0.219 e. The molecule has 3 nitrogen and oxygen atoms in total. The van der Waals surface area contributed by atoms with Crippen molar-refractivity contribution < 1.29 is 9.53 Å². The zero-order chi connectivity index (χ0) is 12.7. The molecule has 0 fully saturated rings. The van der Waals surface area contributed by atoms with Gasteiger partial charge in [-0.2, -0.15) is 0 Å². The number of ether oxygens (including phenoxy) is 1. The molecule has 0 aliphatic carbocycles. The zero-order valence-electron chi connectivity index (χ0n) is 10.8. The second-order valence-electron chi connectivity index (χ2n) is 4.07. The summed E-state index contributed by atoms with van der Waals surface area (Å²) in [6, 6.07) is 9.76. The molecule has 0 saturated heterocycles. The highest BCUT2D eigenvalue weighted by molar-refractivity contribution is 5.73. The Bertz CT molecular complexity index is 333. The van der Waals surface area contributed by atoms with Crippen molar-refractivity contribution in [2.45, 2.75) is 45.9 Å². The summed E-state index contributed by atoms with van der Waals surface area (Å²) < 4.78 is 5.91. The Kier molecular flexibility index (Phi) is 5.70. The van der Waals surface area contributed by atoms with E-state index >= 15 is 0 Å². The molecule has 0 aromatic heterocycles. The first-order chi connectivity index (χ1) is 8.17. The number of carbonyl (C=O) groups excluding carboxylic acids is 1. The van der Waals surface area contributed by atoms with Crippen LogP contribution in [0.2, 0.25) is 0 Å². The average Bonchev–Trinajstić information content (AvgIpc) is 2.35. The molecule has 0 spiro atoms. The molecule has 1 atom stereocenters. The normalized spacial score (nSPS) is 12.5. The minimum Gasteiger partial charge on any atom is -0.351 e. The van der Waals surface area contributed by atoms with Gasteiger partial charge in [-0.25, -0.2) is 0 Å². The van der Waals surface area contributed by atoms with Crippen molar-refractivity contribution in [1.29, 1.82) is 0 Å². The molecule has 0 aliphatic rings. The summed E-state index contributed by atoms with van der Waals surface area (Å²) in [6.45, 7) is 5.68. The predicted octanol–water partition coefficient (Wildman–Crippen LogP) is 3.03. The van der Waals surface area contributed by atoms with Crippen LogP contribution in [0.25, 0.3) is 0 Å². The quantitative estimate of drug-likeness (QED) is 0.770. The van der Waals surface area contributed by atoms with Gasteiger partial charge in [-0.05, 0) is 12.8 Å². The van der Waals surface area contributed by atoms with Crippen LogP contribution in [0.15, 0.2) is 30.3 Å². The summed E-state index contributed by atoms with van der Waals surface area (Å²) in [5.41, 5.74) is 0.981. The van der Waals surface area contributed by atoms with Crippen molar-refractivity contribution in [3.8, 4) is 0 Å². The second-order valence-corrected chi connectivity index (χ2v) is 4.07. The standard InChI is InChI=1S/C14H21NO2/c1-4-13(5-2)17-14(15-11(3)16)12-9-7-6-8-10-12/h6-10,13-14H,4-5H2,1-3H3,(H,15,16). The number of amides is 1. The lowest BCUT2D eigenvalue weighted by Gasteiger charge is -2.24. The van der Waals surface area contributed by atoms with Crippen LogP contribution in [0.3, 0.4) is 0 Å². The molecule has 94 valence electrons. The topological polar surface area (TPSA) is 38.3 Å². The van der Waals surface area contributed by atoms with E-state index in [2.05, 4.69) is 19.2 Å². The van der Waals surface area contributed by atoms with Crippen LogP contribution in [0.4, 0.5) is 0 Å². The molecule has 17 heavy (non-hydrogen) atoms. The summed E-state index contributed by atoms with van der Waals surface area (Å²) in [5.74, 6) is -0.0789. The lowest BCUT2D eigenvalue weighted by Crippen LogP contribution is -2.31. The van der Waals surface area contributed by atoms with Crippen molar-refractivity contribution in [3.63, 3.8) is 0 Å². The summed E-state index contributed by atoms with van der Waals surface area (Å²) in [5, 5.41) is 2.83. The van der Waals surface area contributed by atoms with Gasteiger partial charge in [0.15, 0.2) is 6.23 Å². The largest absolute Gasteiger partial charge is 0.351 e. The SMILES string of the molecule is CCC(CC)OC(NC(C)=O)c1ccccc1. The van der Waals surface area contributed by atoms with Gasteiger partial charge in [-0.1, -0.05) is 44.2 Å². The number of rotatable bonds is 6. The van der Waals surface area contributed by atoms with Crippen LogP contribution >= 0.6 is 0 Å². The number of hydrogen-bond acceptors (Lipinski definition) is 2. The maximum atomic E-state index is 11.2. The zero-order valence-corrected chi connectivity index (χ0v) is 10.8. The number of nitrogens with one attached hydrogen (secondary N) is 1. The molecule has 1 unspecified atom stereocenters. The molecule has 0 heterocycles. The van der Waals surface area contributed by atoms with Gasteiger partial charge in [-0.3, -0.25) is 4.79 Å². The first kappa shape index (κ1) is 13.7. The van der Waals surface area contributed by atoms with E-state index in [-0.39, 0.29) is 18.2 Å². The minimum absolute atomic E-state index is 0.0789. The lowest BCUT2D eigenvalue weighted by molar-refractivity contribution is -0.125. The molecule has 1 aromatic rings. The number of benzene rings is 1.